The third kappa shape index (κ3) is 5.36. The Balaban J connectivity index is 1.79. The molecule has 4 rings (SSSR count). The molecule has 1 aromatic carbocycles. The highest BCUT2D eigenvalue weighted by molar-refractivity contribution is 8.02. The van der Waals surface area contributed by atoms with Gasteiger partial charge in [0.1, 0.15) is 6.04 Å². The Morgan fingerprint density at radius 2 is 2.02 bits per heavy atom. The van der Waals surface area contributed by atoms with E-state index in [9.17, 15) is 19.5 Å². The maximum absolute atomic E-state index is 14.9. The first-order valence-electron chi connectivity index (χ1n) is 14.6. The van der Waals surface area contributed by atoms with Crippen molar-refractivity contribution in [2.24, 2.45) is 23.7 Å². The first-order chi connectivity index (χ1) is 19.6. The van der Waals surface area contributed by atoms with Gasteiger partial charge in [0.05, 0.1) is 46.5 Å². The second-order valence-electron chi connectivity index (χ2n) is 11.9. The average molecular weight is 603 g/mol. The number of allylic oxidation sites excluding steroid dienone is 1. The topological polar surface area (TPSA) is 87.2 Å². The van der Waals surface area contributed by atoms with Crippen molar-refractivity contribution >= 4 is 46.8 Å². The molecular formula is C32H43ClN2O5S. The summed E-state index contributed by atoms with van der Waals surface area (Å²) in [6.07, 6.45) is 6.65. The molecule has 9 heteroatoms. The molecule has 3 unspecified atom stereocenters. The number of rotatable bonds is 13. The van der Waals surface area contributed by atoms with Crippen LogP contribution in [0.1, 0.15) is 52.0 Å². The van der Waals surface area contributed by atoms with E-state index in [2.05, 4.69) is 20.1 Å². The number of ether oxygens (including phenoxy) is 1. The van der Waals surface area contributed by atoms with Crippen LogP contribution in [-0.4, -0.2) is 69.6 Å². The number of hydrogen-bond donors (Lipinski definition) is 1. The SMILES string of the molecule is C=CCCCCOC(=O)[C@@H]1[C@@H]2CC(C)C3(S2)C(C(=O)N(CC=C)c2c(C)cccc2Cl)N([C@@H](CO)C(C)C)C(=O)[C@H]13. The van der Waals surface area contributed by atoms with Gasteiger partial charge in [0.25, 0.3) is 5.91 Å². The van der Waals surface area contributed by atoms with Gasteiger partial charge in [0.15, 0.2) is 0 Å². The Hall–Kier alpha value is -2.29. The number of aryl methyl sites for hydroxylation is 1. The van der Waals surface area contributed by atoms with E-state index in [0.29, 0.717) is 23.7 Å². The van der Waals surface area contributed by atoms with Crippen LogP contribution in [-0.2, 0) is 19.1 Å². The molecule has 0 aromatic heterocycles. The van der Waals surface area contributed by atoms with E-state index < -0.39 is 28.7 Å². The number of carbonyl (C=O) groups is 3. The monoisotopic (exact) mass is 602 g/mol. The Morgan fingerprint density at radius 3 is 2.63 bits per heavy atom. The first-order valence-corrected chi connectivity index (χ1v) is 15.9. The largest absolute Gasteiger partial charge is 0.465 e. The van der Waals surface area contributed by atoms with Crippen molar-refractivity contribution in [3.8, 4) is 0 Å². The number of carbonyl (C=O) groups excluding carboxylic acids is 3. The van der Waals surface area contributed by atoms with E-state index in [1.54, 1.807) is 33.7 Å². The maximum Gasteiger partial charge on any atom is 0.310 e. The second-order valence-corrected chi connectivity index (χ2v) is 13.8. The molecule has 2 bridgehead atoms. The van der Waals surface area contributed by atoms with Gasteiger partial charge < -0.3 is 19.6 Å². The van der Waals surface area contributed by atoms with Gasteiger partial charge in [-0.3, -0.25) is 14.4 Å². The second kappa shape index (κ2) is 12.9. The van der Waals surface area contributed by atoms with Crippen molar-refractivity contribution < 1.29 is 24.2 Å². The number of thioether (sulfide) groups is 1. The van der Waals surface area contributed by atoms with Crippen LogP contribution in [0, 0.1) is 30.6 Å². The summed E-state index contributed by atoms with van der Waals surface area (Å²) >= 11 is 8.26. The van der Waals surface area contributed by atoms with Crippen molar-refractivity contribution in [2.45, 2.75) is 75.5 Å². The summed E-state index contributed by atoms with van der Waals surface area (Å²) in [6.45, 7) is 15.7. The van der Waals surface area contributed by atoms with Crippen molar-refractivity contribution in [2.75, 3.05) is 24.7 Å². The molecule has 0 radical (unpaired) electrons. The van der Waals surface area contributed by atoms with Crippen LogP contribution in [0.5, 0.6) is 0 Å². The normalized spacial score (nSPS) is 29.0. The summed E-state index contributed by atoms with van der Waals surface area (Å²) in [6, 6.07) is 4.01. The standard InChI is InChI=1S/C32H43ClN2O5S/c1-7-9-10-11-16-40-31(39)25-24-17-21(6)32(41-24)26(25)29(37)35(23(18-36)19(3)4)28(32)30(38)34(15-8-2)27-20(5)13-12-14-22(27)33/h7-8,12-14,19,21,23-26,28,36H,1-2,9-11,15-18H2,3-6H3/t21?,23-,24-,25+,26-,28?,32?/m0/s1. The van der Waals surface area contributed by atoms with Gasteiger partial charge in [0, 0.05) is 11.8 Å². The molecule has 1 N–H and O–H groups in total. The molecule has 3 heterocycles. The smallest absolute Gasteiger partial charge is 0.310 e. The zero-order valence-electron chi connectivity index (χ0n) is 24.6. The molecule has 0 saturated carbocycles. The lowest BCUT2D eigenvalue weighted by Gasteiger charge is -2.43. The Labute approximate surface area is 253 Å². The number of benzene rings is 1. The molecule has 3 fully saturated rings. The molecule has 41 heavy (non-hydrogen) atoms. The van der Waals surface area contributed by atoms with Crippen molar-refractivity contribution in [1.29, 1.82) is 0 Å². The minimum Gasteiger partial charge on any atom is -0.465 e. The highest BCUT2D eigenvalue weighted by atomic mass is 35.5. The summed E-state index contributed by atoms with van der Waals surface area (Å²) in [5.74, 6) is -2.35. The number of aliphatic hydroxyl groups excluding tert-OH is 1. The molecule has 224 valence electrons. The number of para-hydroxylation sites is 1. The minimum atomic E-state index is -0.884. The molecule has 1 spiro atoms. The average Bonchev–Trinajstić information content (AvgIpc) is 3.51. The van der Waals surface area contributed by atoms with Crippen LogP contribution >= 0.6 is 23.4 Å². The van der Waals surface area contributed by atoms with Crippen LogP contribution < -0.4 is 4.90 Å². The Bertz CT molecular complexity index is 1170. The van der Waals surface area contributed by atoms with Crippen molar-refractivity contribution in [3.63, 3.8) is 0 Å². The molecular weight excluding hydrogens is 560 g/mol. The molecule has 0 aliphatic carbocycles. The molecule has 3 aliphatic heterocycles. The summed E-state index contributed by atoms with van der Waals surface area (Å²) in [4.78, 5) is 46.1. The van der Waals surface area contributed by atoms with Crippen molar-refractivity contribution in [3.05, 3.63) is 54.1 Å². The molecule has 7 nitrogen and oxygen atoms in total. The van der Waals surface area contributed by atoms with Crippen LogP contribution in [0.15, 0.2) is 43.5 Å². The number of halogens is 1. The lowest BCUT2D eigenvalue weighted by Crippen LogP contribution is -2.60. The van der Waals surface area contributed by atoms with Crippen LogP contribution in [0.2, 0.25) is 5.02 Å². The number of fused-ring (bicyclic) bond motifs is 1. The quantitative estimate of drug-likeness (QED) is 0.184. The zero-order chi connectivity index (χ0) is 30.1. The number of aliphatic hydroxyl groups is 1. The van der Waals surface area contributed by atoms with E-state index in [4.69, 9.17) is 16.3 Å². The highest BCUT2D eigenvalue weighted by Gasteiger charge is 2.77. The number of amides is 2. The minimum absolute atomic E-state index is 0.00790. The van der Waals surface area contributed by atoms with Gasteiger partial charge in [0.2, 0.25) is 5.91 Å². The van der Waals surface area contributed by atoms with E-state index in [-0.39, 0.29) is 48.0 Å². The fourth-order valence-corrected chi connectivity index (χ4v) is 9.89. The van der Waals surface area contributed by atoms with Gasteiger partial charge in [-0.1, -0.05) is 56.7 Å². The van der Waals surface area contributed by atoms with Crippen LogP contribution in [0.25, 0.3) is 0 Å². The molecule has 3 saturated heterocycles. The van der Waals surface area contributed by atoms with Gasteiger partial charge in [-0.25, -0.2) is 0 Å². The summed E-state index contributed by atoms with van der Waals surface area (Å²) in [5.41, 5.74) is 1.41. The van der Waals surface area contributed by atoms with E-state index in [1.807, 2.05) is 39.0 Å². The lowest BCUT2D eigenvalue weighted by atomic mass is 9.66. The van der Waals surface area contributed by atoms with Crippen molar-refractivity contribution in [1.82, 2.24) is 4.90 Å². The van der Waals surface area contributed by atoms with Gasteiger partial charge in [-0.15, -0.1) is 24.9 Å². The number of anilines is 1. The first kappa shape index (κ1) is 31.6. The predicted octanol–water partition coefficient (Wildman–Crippen LogP) is 5.42. The Kier molecular flexibility index (Phi) is 9.97. The van der Waals surface area contributed by atoms with Gasteiger partial charge in [-0.2, -0.15) is 0 Å². The Morgan fingerprint density at radius 1 is 1.29 bits per heavy atom. The summed E-state index contributed by atoms with van der Waals surface area (Å²) in [7, 11) is 0. The fourth-order valence-electron chi connectivity index (χ4n) is 7.18. The number of hydrogen-bond acceptors (Lipinski definition) is 6. The molecule has 2 amide bonds. The van der Waals surface area contributed by atoms with Crippen LogP contribution in [0.4, 0.5) is 5.69 Å². The number of nitrogens with zero attached hydrogens (tertiary/aromatic N) is 2. The maximum atomic E-state index is 14.9. The van der Waals surface area contributed by atoms with E-state index in [1.165, 1.54) is 0 Å². The number of likely N-dealkylation sites (tertiary alicyclic amines) is 1. The van der Waals surface area contributed by atoms with E-state index in [0.717, 1.165) is 24.8 Å². The predicted molar refractivity (Wildman–Crippen MR) is 165 cm³/mol. The third-order valence-electron chi connectivity index (χ3n) is 9.09. The molecule has 1 aromatic rings. The number of esters is 1. The van der Waals surface area contributed by atoms with Gasteiger partial charge >= 0.3 is 5.97 Å². The third-order valence-corrected chi connectivity index (χ3v) is 11.5. The lowest BCUT2D eigenvalue weighted by molar-refractivity contribution is -0.155. The van der Waals surface area contributed by atoms with E-state index >= 15 is 0 Å². The van der Waals surface area contributed by atoms with Gasteiger partial charge in [-0.05, 0) is 56.1 Å². The number of unbranched alkanes of at least 4 members (excludes halogenated alkanes) is 2. The summed E-state index contributed by atoms with van der Waals surface area (Å²) in [5, 5.41) is 10.8. The molecule has 7 atom stereocenters. The van der Waals surface area contributed by atoms with Crippen LogP contribution in [0.3, 0.4) is 0 Å². The highest BCUT2D eigenvalue weighted by Crippen LogP contribution is 2.69. The molecule has 3 aliphatic rings. The fraction of sp³-hybridized carbons (Fsp3) is 0.594. The zero-order valence-corrected chi connectivity index (χ0v) is 26.1. The summed E-state index contributed by atoms with van der Waals surface area (Å²) < 4.78 is 4.90.